The first-order valence-electron chi connectivity index (χ1n) is 11.4. The van der Waals surface area contributed by atoms with Crippen LogP contribution in [0.15, 0.2) is 60.7 Å². The van der Waals surface area contributed by atoms with Gasteiger partial charge >= 0.3 is 0 Å². The van der Waals surface area contributed by atoms with Gasteiger partial charge in [0.05, 0.1) is 17.5 Å². The number of Topliss-reactive ketones (excluding diaryl/α,β-unsaturated/α-hetero) is 1. The SMILES string of the molecule is Cc1ccc(C(=O)[C@H](C)Oc2ccccc2N2C(=O)[C@@H]3[C@H]4C=C[C@@H]([C@@H]5C[C@H]45)[C@H]3C2=O)cc1. The highest BCUT2D eigenvalue weighted by molar-refractivity contribution is 6.23. The van der Waals surface area contributed by atoms with Crippen molar-refractivity contribution in [1.82, 2.24) is 0 Å². The van der Waals surface area contributed by atoms with E-state index in [1.807, 2.05) is 19.1 Å². The summed E-state index contributed by atoms with van der Waals surface area (Å²) in [6.07, 6.45) is 4.71. The average Bonchev–Trinajstić information content (AvgIpc) is 3.58. The molecule has 3 fully saturated rings. The molecule has 32 heavy (non-hydrogen) atoms. The smallest absolute Gasteiger partial charge is 0.238 e. The second-order valence-corrected chi connectivity index (χ2v) is 9.62. The van der Waals surface area contributed by atoms with Crippen LogP contribution in [0.5, 0.6) is 5.75 Å². The van der Waals surface area contributed by atoms with Crippen molar-refractivity contribution in [3.8, 4) is 5.75 Å². The molecule has 2 aromatic carbocycles. The van der Waals surface area contributed by atoms with Crippen molar-refractivity contribution in [2.24, 2.45) is 35.5 Å². The Bertz CT molecular complexity index is 1130. The quantitative estimate of drug-likeness (QED) is 0.408. The summed E-state index contributed by atoms with van der Waals surface area (Å²) >= 11 is 0. The number of nitrogens with zero attached hydrogens (tertiary/aromatic N) is 1. The molecule has 0 N–H and O–H groups in total. The number of benzene rings is 2. The highest BCUT2D eigenvalue weighted by Gasteiger charge is 2.67. The molecule has 2 aromatic rings. The molecule has 7 atom stereocenters. The van der Waals surface area contributed by atoms with E-state index < -0.39 is 6.10 Å². The summed E-state index contributed by atoms with van der Waals surface area (Å²) in [5, 5.41) is 0. The molecule has 0 unspecified atom stereocenters. The summed E-state index contributed by atoms with van der Waals surface area (Å²) < 4.78 is 6.04. The minimum atomic E-state index is -0.751. The monoisotopic (exact) mass is 427 g/mol. The van der Waals surface area contributed by atoms with Crippen molar-refractivity contribution in [1.29, 1.82) is 0 Å². The lowest BCUT2D eigenvalue weighted by Gasteiger charge is -2.37. The Morgan fingerprint density at radius 2 is 1.53 bits per heavy atom. The van der Waals surface area contributed by atoms with Gasteiger partial charge in [-0.2, -0.15) is 0 Å². The zero-order valence-corrected chi connectivity index (χ0v) is 18.1. The first kappa shape index (κ1) is 19.5. The van der Waals surface area contributed by atoms with Crippen LogP contribution in [0.2, 0.25) is 0 Å². The van der Waals surface area contributed by atoms with Crippen molar-refractivity contribution in [2.75, 3.05) is 4.90 Å². The molecule has 1 aliphatic heterocycles. The summed E-state index contributed by atoms with van der Waals surface area (Å²) in [5.41, 5.74) is 2.09. The maximum Gasteiger partial charge on any atom is 0.238 e. The highest BCUT2D eigenvalue weighted by Crippen LogP contribution is 2.65. The van der Waals surface area contributed by atoms with Crippen LogP contribution in [0, 0.1) is 42.4 Å². The number of ketones is 1. The minimum Gasteiger partial charge on any atom is -0.480 e. The van der Waals surface area contributed by atoms with Crippen LogP contribution >= 0.6 is 0 Å². The Kier molecular flexibility index (Phi) is 4.19. The second kappa shape index (κ2) is 6.89. The number of rotatable bonds is 5. The van der Waals surface area contributed by atoms with Gasteiger partial charge in [0.25, 0.3) is 0 Å². The van der Waals surface area contributed by atoms with Crippen molar-refractivity contribution >= 4 is 23.3 Å². The number of anilines is 1. The highest BCUT2D eigenvalue weighted by atomic mass is 16.5. The molecule has 2 amide bonds. The maximum atomic E-state index is 13.5. The van der Waals surface area contributed by atoms with E-state index in [-0.39, 0.29) is 41.3 Å². The summed E-state index contributed by atoms with van der Waals surface area (Å²) in [6, 6.07) is 14.4. The lowest BCUT2D eigenvalue weighted by molar-refractivity contribution is -0.124. The molecule has 1 saturated heterocycles. The average molecular weight is 428 g/mol. The lowest BCUT2D eigenvalue weighted by Crippen LogP contribution is -2.40. The zero-order chi connectivity index (χ0) is 22.1. The number of allylic oxidation sites excluding steroid dienone is 2. The largest absolute Gasteiger partial charge is 0.480 e. The van der Waals surface area contributed by atoms with Gasteiger partial charge in [-0.05, 0) is 56.1 Å². The number of carbonyl (C=O) groups excluding carboxylic acids is 3. The first-order valence-corrected chi connectivity index (χ1v) is 11.4. The molecule has 4 aliphatic carbocycles. The molecule has 2 saturated carbocycles. The molecule has 0 spiro atoms. The van der Waals surface area contributed by atoms with E-state index in [1.54, 1.807) is 43.3 Å². The molecule has 5 nitrogen and oxygen atoms in total. The predicted octanol–water partition coefficient (Wildman–Crippen LogP) is 4.20. The third-order valence-corrected chi connectivity index (χ3v) is 7.78. The summed E-state index contributed by atoms with van der Waals surface area (Å²) in [4.78, 5) is 41.2. The second-order valence-electron chi connectivity index (χ2n) is 9.62. The predicted molar refractivity (Wildman–Crippen MR) is 119 cm³/mol. The van der Waals surface area contributed by atoms with E-state index in [2.05, 4.69) is 12.2 Å². The Hall–Kier alpha value is -3.21. The fourth-order valence-electron chi connectivity index (χ4n) is 6.13. The Balaban J connectivity index is 1.29. The summed E-state index contributed by atoms with van der Waals surface area (Å²) in [5.74, 6) is 0.917. The van der Waals surface area contributed by atoms with Crippen LogP contribution in [0.4, 0.5) is 5.69 Å². The van der Waals surface area contributed by atoms with Gasteiger partial charge in [-0.15, -0.1) is 0 Å². The van der Waals surface area contributed by atoms with Crippen LogP contribution in [0.25, 0.3) is 0 Å². The number of hydrogen-bond acceptors (Lipinski definition) is 4. The Morgan fingerprint density at radius 1 is 0.938 bits per heavy atom. The van der Waals surface area contributed by atoms with Crippen LogP contribution in [0.1, 0.15) is 29.3 Å². The number of para-hydroxylation sites is 2. The van der Waals surface area contributed by atoms with Crippen LogP contribution in [-0.4, -0.2) is 23.7 Å². The molecule has 1 heterocycles. The van der Waals surface area contributed by atoms with E-state index in [0.29, 0.717) is 28.8 Å². The Morgan fingerprint density at radius 3 is 2.16 bits per heavy atom. The van der Waals surface area contributed by atoms with Gasteiger partial charge in [0, 0.05) is 5.56 Å². The molecule has 5 aliphatic rings. The summed E-state index contributed by atoms with van der Waals surface area (Å²) in [7, 11) is 0. The number of imide groups is 1. The van der Waals surface area contributed by atoms with Gasteiger partial charge in [0.15, 0.2) is 6.10 Å². The fraction of sp³-hybridized carbons (Fsp3) is 0.370. The molecular weight excluding hydrogens is 402 g/mol. The Labute approximate surface area is 187 Å². The molecular formula is C27H25NO4. The van der Waals surface area contributed by atoms with Gasteiger partial charge in [-0.25, -0.2) is 4.90 Å². The van der Waals surface area contributed by atoms with Crippen LogP contribution in [-0.2, 0) is 9.59 Å². The molecule has 0 radical (unpaired) electrons. The molecule has 7 rings (SSSR count). The molecule has 162 valence electrons. The topological polar surface area (TPSA) is 63.7 Å². The number of carbonyl (C=O) groups is 3. The van der Waals surface area contributed by atoms with Crippen LogP contribution in [0.3, 0.4) is 0 Å². The number of hydrogen-bond donors (Lipinski definition) is 0. The fourth-order valence-corrected chi connectivity index (χ4v) is 6.13. The van der Waals surface area contributed by atoms with Gasteiger partial charge in [-0.1, -0.05) is 54.1 Å². The minimum absolute atomic E-state index is 0.127. The third-order valence-electron chi connectivity index (χ3n) is 7.78. The van der Waals surface area contributed by atoms with Crippen molar-refractivity contribution in [2.45, 2.75) is 26.4 Å². The number of aryl methyl sites for hydroxylation is 1. The standard InChI is InChI=1S/C27H25NO4/c1-14-7-9-16(10-8-14)25(29)15(2)32-22-6-4-3-5-21(22)28-26(30)23-17-11-12-18(20-13-19(17)20)24(23)27(28)31/h3-12,15,17-20,23-24H,13H2,1-2H3/t15-,17-,18-,19-,20+,23+,24+/m0/s1. The van der Waals surface area contributed by atoms with E-state index in [1.165, 1.54) is 4.90 Å². The van der Waals surface area contributed by atoms with E-state index >= 15 is 0 Å². The lowest BCUT2D eigenvalue weighted by atomic mass is 9.63. The van der Waals surface area contributed by atoms with Gasteiger partial charge in [0.1, 0.15) is 5.75 Å². The molecule has 2 bridgehead atoms. The van der Waals surface area contributed by atoms with Crippen molar-refractivity contribution < 1.29 is 19.1 Å². The number of ether oxygens (including phenoxy) is 1. The van der Waals surface area contributed by atoms with Gasteiger partial charge < -0.3 is 4.74 Å². The zero-order valence-electron chi connectivity index (χ0n) is 18.1. The van der Waals surface area contributed by atoms with Crippen molar-refractivity contribution in [3.05, 3.63) is 71.8 Å². The first-order chi connectivity index (χ1) is 15.5. The van der Waals surface area contributed by atoms with Crippen molar-refractivity contribution in [3.63, 3.8) is 0 Å². The normalized spacial score (nSPS) is 32.5. The van der Waals surface area contributed by atoms with E-state index in [0.717, 1.165) is 12.0 Å². The van der Waals surface area contributed by atoms with E-state index in [9.17, 15) is 14.4 Å². The molecule has 5 heteroatoms. The molecule has 0 aromatic heterocycles. The van der Waals surface area contributed by atoms with E-state index in [4.69, 9.17) is 4.74 Å². The summed E-state index contributed by atoms with van der Waals surface area (Å²) in [6.45, 7) is 3.67. The third kappa shape index (κ3) is 2.73. The van der Waals surface area contributed by atoms with Gasteiger partial charge in [-0.3, -0.25) is 14.4 Å². The van der Waals surface area contributed by atoms with Crippen LogP contribution < -0.4 is 9.64 Å². The number of amides is 2. The maximum absolute atomic E-state index is 13.5. The van der Waals surface area contributed by atoms with Gasteiger partial charge in [0.2, 0.25) is 17.6 Å².